The number of carbonyl (C=O) groups is 1. The van der Waals surface area contributed by atoms with Gasteiger partial charge >= 0.3 is 0 Å². The molecule has 7 nitrogen and oxygen atoms in total. The van der Waals surface area contributed by atoms with Gasteiger partial charge in [0.05, 0.1) is 6.10 Å². The molecule has 0 spiro atoms. The summed E-state index contributed by atoms with van der Waals surface area (Å²) >= 11 is 0. The summed E-state index contributed by atoms with van der Waals surface area (Å²) in [6, 6.07) is 1.83. The zero-order valence-corrected chi connectivity index (χ0v) is 17.3. The predicted octanol–water partition coefficient (Wildman–Crippen LogP) is 1.63. The van der Waals surface area contributed by atoms with E-state index in [1.807, 2.05) is 11.0 Å². The average Bonchev–Trinajstić information content (AvgIpc) is 2.73. The van der Waals surface area contributed by atoms with Crippen molar-refractivity contribution in [1.29, 1.82) is 0 Å². The number of aliphatic hydroxyl groups excluding tert-OH is 1. The standard InChI is InChI=1S/C21H35N5O2/c1-17(2)4-5-20(28)25-10-6-18(7-11-25)19(27)16-24-12-14-26(15-13-24)21-22-8-3-9-23-21/h3,8-9,17-19,27H,4-7,10-16H2,1-2H3. The van der Waals surface area contributed by atoms with Gasteiger partial charge in [-0.25, -0.2) is 9.97 Å². The first-order valence-corrected chi connectivity index (χ1v) is 10.7. The van der Waals surface area contributed by atoms with Crippen LogP contribution < -0.4 is 4.90 Å². The maximum Gasteiger partial charge on any atom is 0.225 e. The maximum absolute atomic E-state index is 12.3. The van der Waals surface area contributed by atoms with Crippen LogP contribution in [0.4, 0.5) is 5.95 Å². The second-order valence-electron chi connectivity index (χ2n) is 8.55. The monoisotopic (exact) mass is 389 g/mol. The number of hydrogen-bond acceptors (Lipinski definition) is 6. The van der Waals surface area contributed by atoms with E-state index in [4.69, 9.17) is 0 Å². The molecular formula is C21H35N5O2. The van der Waals surface area contributed by atoms with E-state index in [0.717, 1.165) is 71.0 Å². The minimum atomic E-state index is -0.313. The molecule has 3 heterocycles. The van der Waals surface area contributed by atoms with Crippen LogP contribution in [0.25, 0.3) is 0 Å². The Hall–Kier alpha value is -1.73. The molecule has 1 amide bonds. The van der Waals surface area contributed by atoms with E-state index < -0.39 is 0 Å². The third kappa shape index (κ3) is 5.88. The normalized spacial score (nSPS) is 20.6. The fraction of sp³-hybridized carbons (Fsp3) is 0.762. The molecule has 28 heavy (non-hydrogen) atoms. The van der Waals surface area contributed by atoms with Crippen LogP contribution >= 0.6 is 0 Å². The molecule has 1 atom stereocenters. The van der Waals surface area contributed by atoms with E-state index in [9.17, 15) is 9.90 Å². The van der Waals surface area contributed by atoms with Crippen LogP contribution in [0.5, 0.6) is 0 Å². The molecular weight excluding hydrogens is 354 g/mol. The average molecular weight is 390 g/mol. The molecule has 1 aromatic rings. The molecule has 7 heteroatoms. The van der Waals surface area contributed by atoms with Crippen molar-refractivity contribution in [1.82, 2.24) is 19.8 Å². The van der Waals surface area contributed by atoms with Crippen LogP contribution in [0.15, 0.2) is 18.5 Å². The summed E-state index contributed by atoms with van der Waals surface area (Å²) in [5.74, 6) is 1.93. The molecule has 0 radical (unpaired) electrons. The van der Waals surface area contributed by atoms with Crippen molar-refractivity contribution in [2.75, 3.05) is 50.7 Å². The Bertz CT molecular complexity index is 596. The number of anilines is 1. The Morgan fingerprint density at radius 1 is 1.11 bits per heavy atom. The first-order chi connectivity index (χ1) is 13.5. The number of amides is 1. The summed E-state index contributed by atoms with van der Waals surface area (Å²) < 4.78 is 0. The lowest BCUT2D eigenvalue weighted by atomic mass is 9.90. The third-order valence-corrected chi connectivity index (χ3v) is 6.02. The van der Waals surface area contributed by atoms with Crippen molar-refractivity contribution in [2.24, 2.45) is 11.8 Å². The zero-order valence-electron chi connectivity index (χ0n) is 17.3. The summed E-state index contributed by atoms with van der Waals surface area (Å²) in [4.78, 5) is 27.5. The van der Waals surface area contributed by atoms with Crippen molar-refractivity contribution in [3.63, 3.8) is 0 Å². The number of hydrogen-bond donors (Lipinski definition) is 1. The smallest absolute Gasteiger partial charge is 0.225 e. The van der Waals surface area contributed by atoms with Crippen LogP contribution in [0.1, 0.15) is 39.5 Å². The SMILES string of the molecule is CC(C)CCC(=O)N1CCC(C(O)CN2CCN(c3ncccn3)CC2)CC1. The Labute approximate surface area is 168 Å². The topological polar surface area (TPSA) is 72.8 Å². The van der Waals surface area contributed by atoms with E-state index in [1.165, 1.54) is 0 Å². The van der Waals surface area contributed by atoms with Crippen LogP contribution in [-0.4, -0.2) is 82.7 Å². The molecule has 2 saturated heterocycles. The van der Waals surface area contributed by atoms with E-state index >= 15 is 0 Å². The van der Waals surface area contributed by atoms with Crippen molar-refractivity contribution in [3.8, 4) is 0 Å². The molecule has 156 valence electrons. The molecule has 0 saturated carbocycles. The highest BCUT2D eigenvalue weighted by Gasteiger charge is 2.29. The lowest BCUT2D eigenvalue weighted by Crippen LogP contribution is -2.51. The number of piperidine rings is 1. The summed E-state index contributed by atoms with van der Waals surface area (Å²) in [6.45, 7) is 10.2. The summed E-state index contributed by atoms with van der Waals surface area (Å²) in [5, 5.41) is 10.7. The number of piperazine rings is 1. The van der Waals surface area contributed by atoms with Crippen molar-refractivity contribution in [3.05, 3.63) is 18.5 Å². The van der Waals surface area contributed by atoms with Gasteiger partial charge in [0.2, 0.25) is 11.9 Å². The highest BCUT2D eigenvalue weighted by Crippen LogP contribution is 2.23. The Kier molecular flexibility index (Phi) is 7.62. The largest absolute Gasteiger partial charge is 0.392 e. The quantitative estimate of drug-likeness (QED) is 0.764. The lowest BCUT2D eigenvalue weighted by molar-refractivity contribution is -0.133. The zero-order chi connectivity index (χ0) is 19.9. The van der Waals surface area contributed by atoms with Crippen LogP contribution in [0, 0.1) is 11.8 Å². The highest BCUT2D eigenvalue weighted by molar-refractivity contribution is 5.76. The molecule has 0 aliphatic carbocycles. The van der Waals surface area contributed by atoms with Gasteiger partial charge in [0.15, 0.2) is 0 Å². The Balaban J connectivity index is 1.37. The lowest BCUT2D eigenvalue weighted by Gasteiger charge is -2.39. The number of β-amino-alcohol motifs (C(OH)–C–C–N with tert-alkyl or cyclic N) is 1. The molecule has 0 aromatic carbocycles. The van der Waals surface area contributed by atoms with Crippen LogP contribution in [0.3, 0.4) is 0 Å². The number of rotatable bonds is 7. The van der Waals surface area contributed by atoms with Gasteiger partial charge in [-0.15, -0.1) is 0 Å². The Morgan fingerprint density at radius 2 is 1.75 bits per heavy atom. The van der Waals surface area contributed by atoms with Gasteiger partial charge in [-0.2, -0.15) is 0 Å². The van der Waals surface area contributed by atoms with Crippen molar-refractivity contribution >= 4 is 11.9 Å². The fourth-order valence-corrected chi connectivity index (χ4v) is 4.10. The minimum absolute atomic E-state index is 0.279. The van der Waals surface area contributed by atoms with E-state index in [2.05, 4.69) is 33.6 Å². The van der Waals surface area contributed by atoms with Crippen LogP contribution in [-0.2, 0) is 4.79 Å². The predicted molar refractivity (Wildman–Crippen MR) is 110 cm³/mol. The second kappa shape index (κ2) is 10.2. The molecule has 1 N–H and O–H groups in total. The van der Waals surface area contributed by atoms with Gasteiger partial charge in [0, 0.05) is 64.6 Å². The van der Waals surface area contributed by atoms with Gasteiger partial charge in [-0.1, -0.05) is 13.8 Å². The molecule has 1 unspecified atom stereocenters. The van der Waals surface area contributed by atoms with Gasteiger partial charge < -0.3 is 14.9 Å². The number of nitrogens with zero attached hydrogens (tertiary/aromatic N) is 5. The van der Waals surface area contributed by atoms with Crippen molar-refractivity contribution < 1.29 is 9.90 Å². The molecule has 2 aliphatic heterocycles. The highest BCUT2D eigenvalue weighted by atomic mass is 16.3. The molecule has 2 aliphatic rings. The molecule has 2 fully saturated rings. The van der Waals surface area contributed by atoms with Gasteiger partial charge in [0.25, 0.3) is 0 Å². The summed E-state index contributed by atoms with van der Waals surface area (Å²) in [6.07, 6.45) is 6.67. The number of carbonyl (C=O) groups excluding carboxylic acids is 1. The molecule has 0 bridgehead atoms. The second-order valence-corrected chi connectivity index (χ2v) is 8.55. The van der Waals surface area contributed by atoms with Gasteiger partial charge in [-0.05, 0) is 37.2 Å². The number of aromatic nitrogens is 2. The first kappa shape index (κ1) is 21.0. The Morgan fingerprint density at radius 3 is 2.36 bits per heavy atom. The summed E-state index contributed by atoms with van der Waals surface area (Å²) in [5.41, 5.74) is 0. The van der Waals surface area contributed by atoms with Gasteiger partial charge in [0.1, 0.15) is 0 Å². The molecule has 1 aromatic heterocycles. The number of aliphatic hydroxyl groups is 1. The third-order valence-electron chi connectivity index (χ3n) is 6.02. The summed E-state index contributed by atoms with van der Waals surface area (Å²) in [7, 11) is 0. The van der Waals surface area contributed by atoms with E-state index in [1.54, 1.807) is 12.4 Å². The van der Waals surface area contributed by atoms with Gasteiger partial charge in [-0.3, -0.25) is 9.69 Å². The minimum Gasteiger partial charge on any atom is -0.392 e. The number of likely N-dealkylation sites (tertiary alicyclic amines) is 1. The maximum atomic E-state index is 12.3. The van der Waals surface area contributed by atoms with E-state index in [-0.39, 0.29) is 12.0 Å². The fourth-order valence-electron chi connectivity index (χ4n) is 4.10. The van der Waals surface area contributed by atoms with Crippen molar-refractivity contribution in [2.45, 2.75) is 45.6 Å². The van der Waals surface area contributed by atoms with Crippen LogP contribution in [0.2, 0.25) is 0 Å². The molecule has 3 rings (SSSR count). The van der Waals surface area contributed by atoms with E-state index in [0.29, 0.717) is 18.3 Å². The first-order valence-electron chi connectivity index (χ1n) is 10.7.